The van der Waals surface area contributed by atoms with Crippen molar-refractivity contribution in [1.29, 1.82) is 0 Å². The smallest absolute Gasteiger partial charge is 0.251 e. The van der Waals surface area contributed by atoms with Crippen LogP contribution >= 0.6 is 0 Å². The van der Waals surface area contributed by atoms with E-state index in [2.05, 4.69) is 10.6 Å². The Morgan fingerprint density at radius 3 is 2.79 bits per heavy atom. The van der Waals surface area contributed by atoms with E-state index in [-0.39, 0.29) is 5.91 Å². The molecule has 0 bridgehead atoms. The number of nitrogens with one attached hydrogen (secondary N) is 2. The van der Waals surface area contributed by atoms with Crippen molar-refractivity contribution in [3.8, 4) is 0 Å². The largest absolute Gasteiger partial charge is 0.397 e. The number of nitrogen functional groups attached to an aromatic ring is 1. The summed E-state index contributed by atoms with van der Waals surface area (Å²) in [5, 5.41) is 5.86. The third-order valence-electron chi connectivity index (χ3n) is 2.88. The van der Waals surface area contributed by atoms with Gasteiger partial charge in [-0.15, -0.1) is 0 Å². The highest BCUT2D eigenvalue weighted by molar-refractivity contribution is 5.96. The second kappa shape index (κ2) is 8.37. The number of unbranched alkanes of at least 4 members (excludes halogenated alkanes) is 2. The van der Waals surface area contributed by atoms with Crippen LogP contribution in [0.1, 0.15) is 29.6 Å². The molecule has 0 aliphatic rings. The Kier molecular flexibility index (Phi) is 6.74. The van der Waals surface area contributed by atoms with E-state index in [1.54, 1.807) is 32.4 Å². The summed E-state index contributed by atoms with van der Waals surface area (Å²) in [6.07, 6.45) is 3.22. The molecule has 4 N–H and O–H groups in total. The summed E-state index contributed by atoms with van der Waals surface area (Å²) in [5.74, 6) is -0.108. The lowest BCUT2D eigenvalue weighted by Crippen LogP contribution is -2.18. The van der Waals surface area contributed by atoms with Crippen LogP contribution in [0.4, 0.5) is 11.4 Å². The zero-order valence-electron chi connectivity index (χ0n) is 11.7. The molecule has 5 nitrogen and oxygen atoms in total. The van der Waals surface area contributed by atoms with Crippen LogP contribution < -0.4 is 16.4 Å². The molecule has 1 aromatic carbocycles. The Morgan fingerprint density at radius 2 is 2.11 bits per heavy atom. The third kappa shape index (κ3) is 5.18. The van der Waals surface area contributed by atoms with Gasteiger partial charge in [-0.1, -0.05) is 0 Å². The standard InChI is InChI=1S/C14H23N3O2/c1-16-14(18)11-6-7-12(15)13(10-11)17-8-4-3-5-9-19-2/h6-7,10,17H,3-5,8-9,15H2,1-2H3,(H,16,18). The fourth-order valence-electron chi connectivity index (χ4n) is 1.77. The highest BCUT2D eigenvalue weighted by Crippen LogP contribution is 2.20. The van der Waals surface area contributed by atoms with Crippen molar-refractivity contribution in [3.05, 3.63) is 23.8 Å². The summed E-state index contributed by atoms with van der Waals surface area (Å²) >= 11 is 0. The van der Waals surface area contributed by atoms with Crippen molar-refractivity contribution in [2.45, 2.75) is 19.3 Å². The number of carbonyl (C=O) groups excluding carboxylic acids is 1. The summed E-state index contributed by atoms with van der Waals surface area (Å²) in [4.78, 5) is 11.5. The average molecular weight is 265 g/mol. The number of benzene rings is 1. The third-order valence-corrected chi connectivity index (χ3v) is 2.88. The number of hydrogen-bond acceptors (Lipinski definition) is 4. The highest BCUT2D eigenvalue weighted by atomic mass is 16.5. The minimum atomic E-state index is -0.108. The van der Waals surface area contributed by atoms with Crippen LogP contribution in [0.25, 0.3) is 0 Å². The Balaban J connectivity index is 2.46. The van der Waals surface area contributed by atoms with E-state index in [1.165, 1.54) is 0 Å². The Bertz CT molecular complexity index is 408. The molecule has 0 fully saturated rings. The highest BCUT2D eigenvalue weighted by Gasteiger charge is 2.06. The SMILES string of the molecule is CNC(=O)c1ccc(N)c(NCCCCCOC)c1. The van der Waals surface area contributed by atoms with Gasteiger partial charge in [0.1, 0.15) is 0 Å². The van der Waals surface area contributed by atoms with E-state index in [1.807, 2.05) is 0 Å². The van der Waals surface area contributed by atoms with E-state index >= 15 is 0 Å². The normalized spacial score (nSPS) is 10.2. The summed E-state index contributed by atoms with van der Waals surface area (Å²) in [7, 11) is 3.32. The van der Waals surface area contributed by atoms with E-state index in [0.29, 0.717) is 11.3 Å². The molecule has 1 rings (SSSR count). The maximum Gasteiger partial charge on any atom is 0.251 e. The second-order valence-electron chi connectivity index (χ2n) is 4.36. The molecule has 0 aliphatic heterocycles. The zero-order valence-corrected chi connectivity index (χ0v) is 11.7. The van der Waals surface area contributed by atoms with Gasteiger partial charge in [0.25, 0.3) is 5.91 Å². The van der Waals surface area contributed by atoms with E-state index in [4.69, 9.17) is 10.5 Å². The molecule has 1 amide bonds. The first-order valence-electron chi connectivity index (χ1n) is 6.53. The molecule has 0 aromatic heterocycles. The summed E-state index contributed by atoms with van der Waals surface area (Å²) in [5.41, 5.74) is 7.96. The molecule has 0 spiro atoms. The molecule has 0 heterocycles. The number of carbonyl (C=O) groups is 1. The minimum absolute atomic E-state index is 0.108. The number of ether oxygens (including phenoxy) is 1. The van der Waals surface area contributed by atoms with Gasteiger partial charge < -0.3 is 21.1 Å². The van der Waals surface area contributed by atoms with Crippen molar-refractivity contribution >= 4 is 17.3 Å². The molecule has 106 valence electrons. The summed E-state index contributed by atoms with van der Waals surface area (Å²) < 4.78 is 5.00. The van der Waals surface area contributed by atoms with E-state index < -0.39 is 0 Å². The maximum absolute atomic E-state index is 11.5. The van der Waals surface area contributed by atoms with Crippen molar-refractivity contribution < 1.29 is 9.53 Å². The second-order valence-corrected chi connectivity index (χ2v) is 4.36. The number of methoxy groups -OCH3 is 1. The minimum Gasteiger partial charge on any atom is -0.397 e. The van der Waals surface area contributed by atoms with Crippen LogP contribution in [0.2, 0.25) is 0 Å². The first-order valence-corrected chi connectivity index (χ1v) is 6.53. The molecular weight excluding hydrogens is 242 g/mol. The van der Waals surface area contributed by atoms with Crippen LogP contribution in [0, 0.1) is 0 Å². The predicted octanol–water partition coefficient (Wildman–Crippen LogP) is 1.86. The molecule has 0 radical (unpaired) electrons. The van der Waals surface area contributed by atoms with Crippen LogP contribution in [-0.4, -0.2) is 33.2 Å². The maximum atomic E-state index is 11.5. The van der Waals surface area contributed by atoms with Crippen LogP contribution in [0.15, 0.2) is 18.2 Å². The lowest BCUT2D eigenvalue weighted by atomic mass is 10.1. The molecule has 0 atom stereocenters. The molecule has 0 saturated carbocycles. The predicted molar refractivity (Wildman–Crippen MR) is 78.5 cm³/mol. The van der Waals surface area contributed by atoms with Crippen molar-refractivity contribution in [3.63, 3.8) is 0 Å². The van der Waals surface area contributed by atoms with Gasteiger partial charge in [0.05, 0.1) is 11.4 Å². The van der Waals surface area contributed by atoms with Gasteiger partial charge in [0.2, 0.25) is 0 Å². The van der Waals surface area contributed by atoms with Crippen LogP contribution in [0.3, 0.4) is 0 Å². The molecule has 1 aromatic rings. The monoisotopic (exact) mass is 265 g/mol. The molecule has 0 saturated heterocycles. The fraction of sp³-hybridized carbons (Fsp3) is 0.500. The van der Waals surface area contributed by atoms with Crippen molar-refractivity contribution in [2.24, 2.45) is 0 Å². The lowest BCUT2D eigenvalue weighted by molar-refractivity contribution is 0.0963. The van der Waals surface area contributed by atoms with Crippen LogP contribution in [0.5, 0.6) is 0 Å². The quantitative estimate of drug-likeness (QED) is 0.495. The van der Waals surface area contributed by atoms with E-state index in [0.717, 1.165) is 38.1 Å². The van der Waals surface area contributed by atoms with Gasteiger partial charge in [-0.3, -0.25) is 4.79 Å². The number of amides is 1. The Morgan fingerprint density at radius 1 is 1.32 bits per heavy atom. The topological polar surface area (TPSA) is 76.4 Å². The lowest BCUT2D eigenvalue weighted by Gasteiger charge is -2.11. The Hall–Kier alpha value is -1.75. The molecule has 5 heteroatoms. The van der Waals surface area contributed by atoms with Gasteiger partial charge in [0, 0.05) is 32.9 Å². The van der Waals surface area contributed by atoms with E-state index in [9.17, 15) is 4.79 Å². The molecule has 0 unspecified atom stereocenters. The average Bonchev–Trinajstić information content (AvgIpc) is 2.43. The number of anilines is 2. The number of rotatable bonds is 8. The summed E-state index contributed by atoms with van der Waals surface area (Å²) in [6, 6.07) is 5.25. The van der Waals surface area contributed by atoms with Crippen molar-refractivity contribution in [1.82, 2.24) is 5.32 Å². The Labute approximate surface area is 114 Å². The zero-order chi connectivity index (χ0) is 14.1. The summed E-state index contributed by atoms with van der Waals surface area (Å²) in [6.45, 7) is 1.64. The van der Waals surface area contributed by atoms with Gasteiger partial charge >= 0.3 is 0 Å². The number of hydrogen-bond donors (Lipinski definition) is 3. The van der Waals surface area contributed by atoms with Gasteiger partial charge in [0.15, 0.2) is 0 Å². The van der Waals surface area contributed by atoms with Gasteiger partial charge in [-0.05, 0) is 37.5 Å². The number of nitrogens with two attached hydrogens (primary N) is 1. The molecule has 19 heavy (non-hydrogen) atoms. The first-order chi connectivity index (χ1) is 9.19. The van der Waals surface area contributed by atoms with Crippen LogP contribution in [-0.2, 0) is 4.74 Å². The van der Waals surface area contributed by atoms with Gasteiger partial charge in [-0.2, -0.15) is 0 Å². The van der Waals surface area contributed by atoms with Crippen molar-refractivity contribution in [2.75, 3.05) is 38.4 Å². The molecular formula is C14H23N3O2. The molecule has 0 aliphatic carbocycles. The van der Waals surface area contributed by atoms with Gasteiger partial charge in [-0.25, -0.2) is 0 Å². The first kappa shape index (κ1) is 15.3. The fourth-order valence-corrected chi connectivity index (χ4v) is 1.77.